The standard InChI is InChI=1S/C16H25NO2S/c1-12(2)10-20-11-14(17-3)13-5-6-15-16(9-13)19-8-4-7-18-15/h5-6,9,12,14,17H,4,7-8,10-11H2,1-3H3. The summed E-state index contributed by atoms with van der Waals surface area (Å²) in [4.78, 5) is 0. The van der Waals surface area contributed by atoms with Crippen LogP contribution >= 0.6 is 11.8 Å². The van der Waals surface area contributed by atoms with Crippen molar-refractivity contribution in [3.05, 3.63) is 23.8 Å². The Morgan fingerprint density at radius 1 is 1.15 bits per heavy atom. The zero-order chi connectivity index (χ0) is 14.4. The van der Waals surface area contributed by atoms with E-state index >= 15 is 0 Å². The van der Waals surface area contributed by atoms with Crippen LogP contribution in [-0.2, 0) is 0 Å². The van der Waals surface area contributed by atoms with Crippen LogP contribution in [0.25, 0.3) is 0 Å². The first-order valence-corrected chi connectivity index (χ1v) is 8.50. The third-order valence-corrected chi connectivity index (χ3v) is 4.73. The number of hydrogen-bond acceptors (Lipinski definition) is 4. The SMILES string of the molecule is CNC(CSCC(C)C)c1ccc2c(c1)OCCCO2. The van der Waals surface area contributed by atoms with Gasteiger partial charge in [0.1, 0.15) is 0 Å². The predicted molar refractivity (Wildman–Crippen MR) is 86.0 cm³/mol. The molecule has 1 aliphatic rings. The van der Waals surface area contributed by atoms with Crippen molar-refractivity contribution in [2.75, 3.05) is 31.8 Å². The maximum atomic E-state index is 5.77. The molecule has 0 fully saturated rings. The molecule has 0 aromatic heterocycles. The monoisotopic (exact) mass is 295 g/mol. The molecule has 3 nitrogen and oxygen atoms in total. The van der Waals surface area contributed by atoms with Crippen molar-refractivity contribution in [1.29, 1.82) is 0 Å². The summed E-state index contributed by atoms with van der Waals surface area (Å²) in [6.07, 6.45) is 0.948. The third-order valence-electron chi connectivity index (χ3n) is 3.26. The maximum Gasteiger partial charge on any atom is 0.161 e. The molecule has 20 heavy (non-hydrogen) atoms. The Hall–Kier alpha value is -0.870. The van der Waals surface area contributed by atoms with Gasteiger partial charge in [0.05, 0.1) is 13.2 Å². The van der Waals surface area contributed by atoms with Crippen LogP contribution in [0.4, 0.5) is 0 Å². The van der Waals surface area contributed by atoms with Gasteiger partial charge in [0.25, 0.3) is 0 Å². The fraction of sp³-hybridized carbons (Fsp3) is 0.625. The lowest BCUT2D eigenvalue weighted by molar-refractivity contribution is 0.297. The van der Waals surface area contributed by atoms with Gasteiger partial charge in [-0.3, -0.25) is 0 Å². The van der Waals surface area contributed by atoms with Crippen LogP contribution in [0.1, 0.15) is 31.9 Å². The van der Waals surface area contributed by atoms with E-state index in [1.165, 1.54) is 11.3 Å². The Balaban J connectivity index is 2.04. The molecule has 2 rings (SSSR count). The van der Waals surface area contributed by atoms with Gasteiger partial charge in [0.2, 0.25) is 0 Å². The minimum atomic E-state index is 0.357. The van der Waals surface area contributed by atoms with Crippen molar-refractivity contribution in [1.82, 2.24) is 5.32 Å². The molecule has 1 aliphatic heterocycles. The van der Waals surface area contributed by atoms with E-state index in [-0.39, 0.29) is 0 Å². The topological polar surface area (TPSA) is 30.5 Å². The minimum absolute atomic E-state index is 0.357. The first-order chi connectivity index (χ1) is 9.70. The average Bonchev–Trinajstić information content (AvgIpc) is 2.67. The number of nitrogens with one attached hydrogen (secondary N) is 1. The summed E-state index contributed by atoms with van der Waals surface area (Å²) in [5, 5.41) is 3.40. The lowest BCUT2D eigenvalue weighted by Crippen LogP contribution is -2.19. The first kappa shape index (κ1) is 15.5. The lowest BCUT2D eigenvalue weighted by atomic mass is 10.1. The molecule has 0 amide bonds. The van der Waals surface area contributed by atoms with E-state index in [0.717, 1.165) is 42.8 Å². The van der Waals surface area contributed by atoms with Crippen molar-refractivity contribution in [3.63, 3.8) is 0 Å². The molecule has 0 spiro atoms. The zero-order valence-corrected chi connectivity index (χ0v) is 13.5. The van der Waals surface area contributed by atoms with Gasteiger partial charge in [0.15, 0.2) is 11.5 Å². The molecule has 0 saturated carbocycles. The number of ether oxygens (including phenoxy) is 2. The van der Waals surface area contributed by atoms with Crippen molar-refractivity contribution < 1.29 is 9.47 Å². The Morgan fingerprint density at radius 3 is 2.60 bits per heavy atom. The van der Waals surface area contributed by atoms with Gasteiger partial charge in [0, 0.05) is 18.2 Å². The smallest absolute Gasteiger partial charge is 0.161 e. The van der Waals surface area contributed by atoms with Gasteiger partial charge >= 0.3 is 0 Å². The van der Waals surface area contributed by atoms with E-state index in [1.54, 1.807) is 0 Å². The molecule has 0 bridgehead atoms. The molecule has 1 heterocycles. The molecule has 1 unspecified atom stereocenters. The van der Waals surface area contributed by atoms with Crippen LogP contribution in [0, 0.1) is 5.92 Å². The van der Waals surface area contributed by atoms with Crippen LogP contribution < -0.4 is 14.8 Å². The minimum Gasteiger partial charge on any atom is -0.490 e. The summed E-state index contributed by atoms with van der Waals surface area (Å²) < 4.78 is 11.4. The molecule has 4 heteroatoms. The molecule has 0 saturated heterocycles. The highest BCUT2D eigenvalue weighted by atomic mass is 32.2. The second kappa shape index (κ2) is 7.79. The molecule has 1 atom stereocenters. The quantitative estimate of drug-likeness (QED) is 0.870. The Bertz CT molecular complexity index is 423. The number of hydrogen-bond donors (Lipinski definition) is 1. The number of fused-ring (bicyclic) bond motifs is 1. The number of benzene rings is 1. The van der Waals surface area contributed by atoms with Crippen LogP contribution in [0.2, 0.25) is 0 Å². The van der Waals surface area contributed by atoms with Gasteiger partial charge in [-0.1, -0.05) is 19.9 Å². The summed E-state index contributed by atoms with van der Waals surface area (Å²) in [6, 6.07) is 6.66. The van der Waals surface area contributed by atoms with Crippen LogP contribution in [0.3, 0.4) is 0 Å². The normalized spacial score (nSPS) is 16.0. The van der Waals surface area contributed by atoms with Crippen LogP contribution in [0.15, 0.2) is 18.2 Å². The van der Waals surface area contributed by atoms with Gasteiger partial charge < -0.3 is 14.8 Å². The van der Waals surface area contributed by atoms with E-state index in [9.17, 15) is 0 Å². The lowest BCUT2D eigenvalue weighted by Gasteiger charge is -2.18. The molecule has 1 N–H and O–H groups in total. The van der Waals surface area contributed by atoms with E-state index in [2.05, 4.69) is 31.3 Å². The van der Waals surface area contributed by atoms with E-state index in [0.29, 0.717) is 6.04 Å². The summed E-state index contributed by atoms with van der Waals surface area (Å²) in [6.45, 7) is 6.00. The van der Waals surface area contributed by atoms with Crippen LogP contribution in [0.5, 0.6) is 11.5 Å². The molecular formula is C16H25NO2S. The largest absolute Gasteiger partial charge is 0.490 e. The summed E-state index contributed by atoms with van der Waals surface area (Å²) >= 11 is 2.00. The van der Waals surface area contributed by atoms with Crippen molar-refractivity contribution >= 4 is 11.8 Å². The van der Waals surface area contributed by atoms with Crippen molar-refractivity contribution in [2.45, 2.75) is 26.3 Å². The fourth-order valence-electron chi connectivity index (χ4n) is 2.16. The average molecular weight is 295 g/mol. The van der Waals surface area contributed by atoms with Crippen molar-refractivity contribution in [2.24, 2.45) is 5.92 Å². The predicted octanol–water partition coefficient (Wildman–Crippen LogP) is 3.50. The molecule has 1 aromatic rings. The van der Waals surface area contributed by atoms with Crippen molar-refractivity contribution in [3.8, 4) is 11.5 Å². The maximum absolute atomic E-state index is 5.77. The Labute approximate surface area is 126 Å². The summed E-state index contributed by atoms with van der Waals surface area (Å²) in [5.74, 6) is 4.77. The molecule has 1 aromatic carbocycles. The van der Waals surface area contributed by atoms with Gasteiger partial charge in [-0.15, -0.1) is 0 Å². The van der Waals surface area contributed by atoms with E-state index in [4.69, 9.17) is 9.47 Å². The van der Waals surface area contributed by atoms with Gasteiger partial charge in [-0.2, -0.15) is 11.8 Å². The second-order valence-corrected chi connectivity index (χ2v) is 6.60. The number of rotatable bonds is 6. The third kappa shape index (κ3) is 4.32. The molecule has 0 radical (unpaired) electrons. The van der Waals surface area contributed by atoms with Gasteiger partial charge in [-0.05, 0) is 36.4 Å². The molecule has 0 aliphatic carbocycles. The first-order valence-electron chi connectivity index (χ1n) is 7.35. The number of thioether (sulfide) groups is 1. The molecule has 112 valence electrons. The van der Waals surface area contributed by atoms with Crippen LogP contribution in [-0.4, -0.2) is 31.8 Å². The highest BCUT2D eigenvalue weighted by molar-refractivity contribution is 7.99. The van der Waals surface area contributed by atoms with E-state index in [1.807, 2.05) is 24.9 Å². The second-order valence-electron chi connectivity index (χ2n) is 5.53. The zero-order valence-electron chi connectivity index (χ0n) is 12.6. The fourth-order valence-corrected chi connectivity index (χ4v) is 3.37. The Kier molecular flexibility index (Phi) is 6.05. The highest BCUT2D eigenvalue weighted by Gasteiger charge is 2.15. The summed E-state index contributed by atoms with van der Waals surface area (Å²) in [7, 11) is 2.02. The molecular weight excluding hydrogens is 270 g/mol. The van der Waals surface area contributed by atoms with E-state index < -0.39 is 0 Å². The Morgan fingerprint density at radius 2 is 1.90 bits per heavy atom. The highest BCUT2D eigenvalue weighted by Crippen LogP contribution is 2.33. The summed E-state index contributed by atoms with van der Waals surface area (Å²) in [5.41, 5.74) is 1.27. The van der Waals surface area contributed by atoms with Gasteiger partial charge in [-0.25, -0.2) is 0 Å².